The van der Waals surface area contributed by atoms with Gasteiger partial charge < -0.3 is 24.6 Å². The van der Waals surface area contributed by atoms with Crippen LogP contribution in [0, 0.1) is 20.8 Å². The molecule has 2 aromatic rings. The van der Waals surface area contributed by atoms with Crippen molar-refractivity contribution in [3.63, 3.8) is 0 Å². The number of para-hydroxylation sites is 2. The predicted octanol–water partition coefficient (Wildman–Crippen LogP) is 3.53. The van der Waals surface area contributed by atoms with Gasteiger partial charge in [0.05, 0.1) is 19.3 Å². The number of hydrogen-bond acceptors (Lipinski definition) is 4. The number of urea groups is 1. The lowest BCUT2D eigenvalue weighted by Gasteiger charge is -2.36. The van der Waals surface area contributed by atoms with Crippen molar-refractivity contribution in [1.29, 1.82) is 0 Å². The Hall–Kier alpha value is -2.89. The highest BCUT2D eigenvalue weighted by atomic mass is 16.5. The van der Waals surface area contributed by atoms with Gasteiger partial charge in [0.25, 0.3) is 0 Å². The molecule has 156 valence electrons. The molecule has 1 N–H and O–H groups in total. The average molecular weight is 398 g/mol. The topological polar surface area (TPSA) is 54.0 Å². The summed E-state index contributed by atoms with van der Waals surface area (Å²) in [5.41, 5.74) is 4.56. The van der Waals surface area contributed by atoms with Crippen molar-refractivity contribution in [3.8, 4) is 11.5 Å². The third kappa shape index (κ3) is 4.94. The van der Waals surface area contributed by atoms with Gasteiger partial charge in [-0.3, -0.25) is 0 Å². The number of piperazine rings is 1. The first-order valence-electron chi connectivity index (χ1n) is 10.1. The van der Waals surface area contributed by atoms with Gasteiger partial charge in [0.2, 0.25) is 0 Å². The van der Waals surface area contributed by atoms with Crippen molar-refractivity contribution in [2.45, 2.75) is 20.8 Å². The maximum atomic E-state index is 12.5. The van der Waals surface area contributed by atoms with Crippen LogP contribution in [0.5, 0.6) is 11.5 Å². The second-order valence-corrected chi connectivity index (χ2v) is 7.38. The van der Waals surface area contributed by atoms with Crippen LogP contribution in [-0.2, 0) is 0 Å². The van der Waals surface area contributed by atoms with E-state index in [1.165, 1.54) is 5.56 Å². The number of hydrogen-bond donors (Lipinski definition) is 1. The monoisotopic (exact) mass is 397 g/mol. The average Bonchev–Trinajstić information content (AvgIpc) is 2.75. The molecule has 0 aromatic heterocycles. The minimum absolute atomic E-state index is 0.0361. The second-order valence-electron chi connectivity index (χ2n) is 7.38. The fourth-order valence-corrected chi connectivity index (χ4v) is 3.61. The van der Waals surface area contributed by atoms with E-state index in [2.05, 4.69) is 42.3 Å². The number of methoxy groups -OCH3 is 1. The van der Waals surface area contributed by atoms with E-state index in [9.17, 15) is 4.79 Å². The molecule has 1 aliphatic heterocycles. The molecule has 0 bridgehead atoms. The molecular weight excluding hydrogens is 366 g/mol. The fraction of sp³-hybridized carbons (Fsp3) is 0.435. The molecule has 0 aliphatic carbocycles. The minimum atomic E-state index is -0.0361. The third-order valence-corrected chi connectivity index (χ3v) is 5.49. The summed E-state index contributed by atoms with van der Waals surface area (Å²) in [6.07, 6.45) is 0. The highest BCUT2D eigenvalue weighted by molar-refractivity contribution is 5.74. The number of aryl methyl sites for hydroxylation is 2. The van der Waals surface area contributed by atoms with Crippen molar-refractivity contribution >= 4 is 11.7 Å². The van der Waals surface area contributed by atoms with Crippen molar-refractivity contribution < 1.29 is 14.3 Å². The molecular formula is C23H31N3O3. The molecule has 0 spiro atoms. The molecule has 1 fully saturated rings. The highest BCUT2D eigenvalue weighted by Gasteiger charge is 2.22. The molecule has 1 aliphatic rings. The van der Waals surface area contributed by atoms with Gasteiger partial charge in [0, 0.05) is 26.2 Å². The van der Waals surface area contributed by atoms with Gasteiger partial charge in [-0.05, 0) is 49.6 Å². The molecule has 6 heteroatoms. The molecule has 0 unspecified atom stereocenters. The van der Waals surface area contributed by atoms with Crippen LogP contribution in [0.25, 0.3) is 0 Å². The van der Waals surface area contributed by atoms with Crippen LogP contribution < -0.4 is 19.7 Å². The van der Waals surface area contributed by atoms with Gasteiger partial charge in [-0.25, -0.2) is 4.79 Å². The zero-order valence-electron chi connectivity index (χ0n) is 17.8. The predicted molar refractivity (Wildman–Crippen MR) is 116 cm³/mol. The highest BCUT2D eigenvalue weighted by Crippen LogP contribution is 2.28. The van der Waals surface area contributed by atoms with E-state index in [1.54, 1.807) is 7.11 Å². The maximum absolute atomic E-state index is 12.5. The van der Waals surface area contributed by atoms with Crippen molar-refractivity contribution in [2.75, 3.05) is 51.3 Å². The van der Waals surface area contributed by atoms with Crippen LogP contribution in [0.2, 0.25) is 0 Å². The van der Waals surface area contributed by atoms with Crippen molar-refractivity contribution in [3.05, 3.63) is 53.1 Å². The normalized spacial score (nSPS) is 13.9. The number of anilines is 1. The number of nitrogens with one attached hydrogen (secondary N) is 1. The summed E-state index contributed by atoms with van der Waals surface area (Å²) >= 11 is 0. The van der Waals surface area contributed by atoms with E-state index in [4.69, 9.17) is 9.47 Å². The van der Waals surface area contributed by atoms with Crippen LogP contribution in [0.3, 0.4) is 0 Å². The van der Waals surface area contributed by atoms with E-state index >= 15 is 0 Å². The smallest absolute Gasteiger partial charge is 0.317 e. The number of amides is 2. The molecule has 2 amide bonds. The third-order valence-electron chi connectivity index (χ3n) is 5.49. The Labute approximate surface area is 173 Å². The molecule has 2 aromatic carbocycles. The Morgan fingerprint density at radius 2 is 1.69 bits per heavy atom. The molecule has 0 atom stereocenters. The van der Waals surface area contributed by atoms with Crippen LogP contribution in [0.1, 0.15) is 16.7 Å². The molecule has 1 heterocycles. The summed E-state index contributed by atoms with van der Waals surface area (Å²) in [4.78, 5) is 16.6. The zero-order chi connectivity index (χ0) is 20.8. The summed E-state index contributed by atoms with van der Waals surface area (Å²) in [5, 5.41) is 2.97. The van der Waals surface area contributed by atoms with Crippen LogP contribution in [0.15, 0.2) is 36.4 Å². The van der Waals surface area contributed by atoms with E-state index in [0.29, 0.717) is 26.2 Å². The SMILES string of the molecule is COc1ccccc1N1CCN(C(=O)NCCOc2c(C)ccc(C)c2C)CC1. The largest absolute Gasteiger partial charge is 0.495 e. The molecule has 0 saturated carbocycles. The summed E-state index contributed by atoms with van der Waals surface area (Å²) in [6.45, 7) is 10.1. The van der Waals surface area contributed by atoms with Gasteiger partial charge in [0.1, 0.15) is 18.1 Å². The Morgan fingerprint density at radius 1 is 1.00 bits per heavy atom. The lowest BCUT2D eigenvalue weighted by atomic mass is 10.1. The molecule has 3 rings (SSSR count). The van der Waals surface area contributed by atoms with Crippen molar-refractivity contribution in [1.82, 2.24) is 10.2 Å². The number of carbonyl (C=O) groups is 1. The number of nitrogens with zero attached hydrogens (tertiary/aromatic N) is 2. The first kappa shape index (κ1) is 20.8. The molecule has 0 radical (unpaired) electrons. The van der Waals surface area contributed by atoms with E-state index in [-0.39, 0.29) is 6.03 Å². The maximum Gasteiger partial charge on any atom is 0.317 e. The summed E-state index contributed by atoms with van der Waals surface area (Å²) in [5.74, 6) is 1.79. The van der Waals surface area contributed by atoms with Gasteiger partial charge in [-0.2, -0.15) is 0 Å². The first-order chi connectivity index (χ1) is 14.0. The van der Waals surface area contributed by atoms with Gasteiger partial charge in [-0.1, -0.05) is 24.3 Å². The Balaban J connectivity index is 1.44. The second kappa shape index (κ2) is 9.54. The number of benzene rings is 2. The summed E-state index contributed by atoms with van der Waals surface area (Å²) in [7, 11) is 1.68. The van der Waals surface area contributed by atoms with Gasteiger partial charge >= 0.3 is 6.03 Å². The molecule has 6 nitrogen and oxygen atoms in total. The van der Waals surface area contributed by atoms with E-state index < -0.39 is 0 Å². The Kier molecular flexibility index (Phi) is 6.86. The lowest BCUT2D eigenvalue weighted by Crippen LogP contribution is -2.52. The Bertz CT molecular complexity index is 845. The van der Waals surface area contributed by atoms with Crippen molar-refractivity contribution in [2.24, 2.45) is 0 Å². The zero-order valence-corrected chi connectivity index (χ0v) is 17.8. The van der Waals surface area contributed by atoms with Crippen LogP contribution >= 0.6 is 0 Å². The standard InChI is InChI=1S/C23H31N3O3/c1-17-9-10-18(2)22(19(17)3)29-16-11-24-23(27)26-14-12-25(13-15-26)20-7-5-6-8-21(20)28-4/h5-10H,11-16H2,1-4H3,(H,24,27). The molecule has 29 heavy (non-hydrogen) atoms. The number of ether oxygens (including phenoxy) is 2. The van der Waals surface area contributed by atoms with Gasteiger partial charge in [-0.15, -0.1) is 0 Å². The van der Waals surface area contributed by atoms with Crippen LogP contribution in [0.4, 0.5) is 10.5 Å². The summed E-state index contributed by atoms with van der Waals surface area (Å²) in [6, 6.07) is 12.1. The van der Waals surface area contributed by atoms with Crippen LogP contribution in [-0.4, -0.2) is 57.4 Å². The quantitative estimate of drug-likeness (QED) is 0.758. The fourth-order valence-electron chi connectivity index (χ4n) is 3.61. The first-order valence-corrected chi connectivity index (χ1v) is 10.1. The van der Waals surface area contributed by atoms with Gasteiger partial charge in [0.15, 0.2) is 0 Å². The lowest BCUT2D eigenvalue weighted by molar-refractivity contribution is 0.191. The summed E-state index contributed by atoms with van der Waals surface area (Å²) < 4.78 is 11.4. The van der Waals surface area contributed by atoms with E-state index in [0.717, 1.165) is 41.4 Å². The number of carbonyl (C=O) groups excluding carboxylic acids is 1. The Morgan fingerprint density at radius 3 is 2.41 bits per heavy atom. The number of rotatable bonds is 6. The minimum Gasteiger partial charge on any atom is -0.495 e. The molecule has 1 saturated heterocycles. The van der Waals surface area contributed by atoms with E-state index in [1.807, 2.05) is 30.0 Å².